The van der Waals surface area contributed by atoms with Crippen molar-refractivity contribution in [2.24, 2.45) is 5.73 Å². The van der Waals surface area contributed by atoms with Gasteiger partial charge in [-0.1, -0.05) is 0 Å². The van der Waals surface area contributed by atoms with Crippen LogP contribution in [-0.2, 0) is 0 Å². The van der Waals surface area contributed by atoms with Gasteiger partial charge in [0.15, 0.2) is 0 Å². The number of aliphatic hydroxyl groups excluding tert-OH is 4. The SMILES string of the molecule is NCCCN1C[C@H](O)C(O)[C@H](O)[C@H]1CO. The predicted molar refractivity (Wildman–Crippen MR) is 54.1 cm³/mol. The third-order valence-corrected chi connectivity index (χ3v) is 2.87. The molecule has 15 heavy (non-hydrogen) atoms. The van der Waals surface area contributed by atoms with Crippen molar-refractivity contribution in [3.8, 4) is 0 Å². The van der Waals surface area contributed by atoms with Crippen LogP contribution in [0.5, 0.6) is 0 Å². The topological polar surface area (TPSA) is 110 Å². The minimum Gasteiger partial charge on any atom is -0.395 e. The van der Waals surface area contributed by atoms with Crippen molar-refractivity contribution in [1.82, 2.24) is 4.90 Å². The van der Waals surface area contributed by atoms with Crippen molar-refractivity contribution in [1.29, 1.82) is 0 Å². The van der Waals surface area contributed by atoms with E-state index in [0.717, 1.165) is 6.42 Å². The van der Waals surface area contributed by atoms with Gasteiger partial charge < -0.3 is 26.2 Å². The van der Waals surface area contributed by atoms with Crippen molar-refractivity contribution in [3.05, 3.63) is 0 Å². The molecule has 1 heterocycles. The molecule has 6 nitrogen and oxygen atoms in total. The number of nitrogens with zero attached hydrogens (tertiary/aromatic N) is 1. The van der Waals surface area contributed by atoms with Gasteiger partial charge in [0.1, 0.15) is 12.2 Å². The van der Waals surface area contributed by atoms with Crippen LogP contribution in [0.15, 0.2) is 0 Å². The summed E-state index contributed by atoms with van der Waals surface area (Å²) in [6, 6.07) is -0.519. The fraction of sp³-hybridized carbons (Fsp3) is 1.00. The lowest BCUT2D eigenvalue weighted by Gasteiger charge is -2.43. The van der Waals surface area contributed by atoms with Crippen LogP contribution in [0.3, 0.4) is 0 Å². The Morgan fingerprint density at radius 3 is 2.40 bits per heavy atom. The molecule has 1 aliphatic rings. The van der Waals surface area contributed by atoms with Gasteiger partial charge in [0.2, 0.25) is 0 Å². The van der Waals surface area contributed by atoms with Gasteiger partial charge in [-0.15, -0.1) is 0 Å². The van der Waals surface area contributed by atoms with Crippen LogP contribution in [0.1, 0.15) is 6.42 Å². The minimum atomic E-state index is -1.18. The first-order valence-electron chi connectivity index (χ1n) is 5.21. The van der Waals surface area contributed by atoms with Crippen molar-refractivity contribution < 1.29 is 20.4 Å². The Balaban J connectivity index is 2.60. The molecule has 0 aromatic rings. The molecular formula is C9H20N2O4. The van der Waals surface area contributed by atoms with E-state index >= 15 is 0 Å². The second kappa shape index (κ2) is 5.74. The van der Waals surface area contributed by atoms with Crippen molar-refractivity contribution in [2.75, 3.05) is 26.2 Å². The lowest BCUT2D eigenvalue weighted by Crippen LogP contribution is -2.62. The molecule has 6 N–H and O–H groups in total. The molecule has 0 aromatic heterocycles. The van der Waals surface area contributed by atoms with Crippen molar-refractivity contribution >= 4 is 0 Å². The molecule has 6 heteroatoms. The quantitative estimate of drug-likeness (QED) is 0.347. The summed E-state index contributed by atoms with van der Waals surface area (Å²) in [5.41, 5.74) is 5.37. The monoisotopic (exact) mass is 220 g/mol. The van der Waals surface area contributed by atoms with Crippen molar-refractivity contribution in [3.63, 3.8) is 0 Å². The first-order chi connectivity index (χ1) is 7.11. The summed E-state index contributed by atoms with van der Waals surface area (Å²) in [6.07, 6.45) is -2.54. The molecule has 0 bridgehead atoms. The van der Waals surface area contributed by atoms with Gasteiger partial charge in [-0.25, -0.2) is 0 Å². The summed E-state index contributed by atoms with van der Waals surface area (Å²) in [5, 5.41) is 37.6. The highest BCUT2D eigenvalue weighted by atomic mass is 16.4. The molecule has 0 saturated carbocycles. The van der Waals surface area contributed by atoms with Crippen molar-refractivity contribution in [2.45, 2.75) is 30.8 Å². The average molecular weight is 220 g/mol. The molecule has 4 atom stereocenters. The maximum Gasteiger partial charge on any atom is 0.109 e. The maximum absolute atomic E-state index is 9.63. The maximum atomic E-state index is 9.63. The average Bonchev–Trinajstić information content (AvgIpc) is 2.23. The van der Waals surface area contributed by atoms with Crippen LogP contribution in [0.4, 0.5) is 0 Å². The first kappa shape index (κ1) is 12.8. The normalized spacial score (nSPS) is 38.2. The number of hydrogen-bond donors (Lipinski definition) is 5. The number of piperidine rings is 1. The lowest BCUT2D eigenvalue weighted by molar-refractivity contribution is -0.144. The lowest BCUT2D eigenvalue weighted by atomic mass is 9.94. The van der Waals surface area contributed by atoms with E-state index in [2.05, 4.69) is 0 Å². The molecule has 0 amide bonds. The summed E-state index contributed by atoms with van der Waals surface area (Å²) in [5.74, 6) is 0. The van der Waals surface area contributed by atoms with E-state index in [1.807, 2.05) is 0 Å². The van der Waals surface area contributed by atoms with Crippen LogP contribution in [0, 0.1) is 0 Å². The zero-order valence-electron chi connectivity index (χ0n) is 8.66. The van der Waals surface area contributed by atoms with E-state index < -0.39 is 24.4 Å². The molecule has 0 aromatic carbocycles. The fourth-order valence-electron chi connectivity index (χ4n) is 1.93. The first-order valence-corrected chi connectivity index (χ1v) is 5.21. The number of likely N-dealkylation sites (tertiary alicyclic amines) is 1. The Morgan fingerprint density at radius 1 is 1.20 bits per heavy atom. The number of nitrogens with two attached hydrogens (primary N) is 1. The Bertz CT molecular complexity index is 193. The summed E-state index contributed by atoms with van der Waals surface area (Å²) >= 11 is 0. The van der Waals surface area contributed by atoms with Crippen LogP contribution in [0.25, 0.3) is 0 Å². The predicted octanol–water partition coefficient (Wildman–Crippen LogP) is -2.91. The summed E-state index contributed by atoms with van der Waals surface area (Å²) in [7, 11) is 0. The molecule has 1 rings (SSSR count). The van der Waals surface area contributed by atoms with Gasteiger partial charge in [-0.05, 0) is 19.5 Å². The Labute approximate surface area is 88.9 Å². The van der Waals surface area contributed by atoms with E-state index in [-0.39, 0.29) is 13.2 Å². The van der Waals surface area contributed by atoms with Gasteiger partial charge in [-0.3, -0.25) is 4.90 Å². The second-order valence-electron chi connectivity index (χ2n) is 3.94. The van der Waals surface area contributed by atoms with Crippen LogP contribution < -0.4 is 5.73 Å². The van der Waals surface area contributed by atoms with Crippen LogP contribution in [-0.4, -0.2) is 75.9 Å². The molecule has 1 unspecified atom stereocenters. The fourth-order valence-corrected chi connectivity index (χ4v) is 1.93. The Kier molecular flexibility index (Phi) is 4.91. The highest BCUT2D eigenvalue weighted by Gasteiger charge is 2.40. The Hall–Kier alpha value is -0.240. The molecular weight excluding hydrogens is 200 g/mol. The number of hydrogen-bond acceptors (Lipinski definition) is 6. The molecule has 1 fully saturated rings. The third kappa shape index (κ3) is 2.87. The van der Waals surface area contributed by atoms with E-state index in [9.17, 15) is 15.3 Å². The van der Waals surface area contributed by atoms with E-state index in [1.54, 1.807) is 4.90 Å². The molecule has 0 radical (unpaired) electrons. The zero-order valence-corrected chi connectivity index (χ0v) is 8.66. The largest absolute Gasteiger partial charge is 0.395 e. The van der Waals surface area contributed by atoms with E-state index in [0.29, 0.717) is 13.1 Å². The minimum absolute atomic E-state index is 0.241. The highest BCUT2D eigenvalue weighted by Crippen LogP contribution is 2.18. The van der Waals surface area contributed by atoms with Crippen LogP contribution in [0.2, 0.25) is 0 Å². The van der Waals surface area contributed by atoms with Gasteiger partial charge in [0, 0.05) is 6.54 Å². The summed E-state index contributed by atoms with van der Waals surface area (Å²) in [4.78, 5) is 1.76. The van der Waals surface area contributed by atoms with Gasteiger partial charge in [0.05, 0.1) is 18.8 Å². The molecule has 0 aliphatic carbocycles. The number of rotatable bonds is 4. The zero-order chi connectivity index (χ0) is 11.4. The van der Waals surface area contributed by atoms with Crippen LogP contribution >= 0.6 is 0 Å². The summed E-state index contributed by atoms with van der Waals surface area (Å²) in [6.45, 7) is 1.13. The van der Waals surface area contributed by atoms with E-state index in [1.165, 1.54) is 0 Å². The second-order valence-corrected chi connectivity index (χ2v) is 3.94. The standard InChI is InChI=1S/C9H20N2O4/c10-2-1-3-11-4-7(13)9(15)8(14)6(11)5-12/h6-9,12-15H,1-5,10H2/t6-,7+,8-,9?/m1/s1. The number of aliphatic hydroxyl groups is 4. The van der Waals surface area contributed by atoms with Gasteiger partial charge in [0.25, 0.3) is 0 Å². The Morgan fingerprint density at radius 2 is 1.87 bits per heavy atom. The summed E-state index contributed by atoms with van der Waals surface area (Å²) < 4.78 is 0. The highest BCUT2D eigenvalue weighted by molar-refractivity contribution is 4.93. The smallest absolute Gasteiger partial charge is 0.109 e. The third-order valence-electron chi connectivity index (χ3n) is 2.87. The van der Waals surface area contributed by atoms with E-state index in [4.69, 9.17) is 10.8 Å². The molecule has 1 aliphatic heterocycles. The molecule has 1 saturated heterocycles. The molecule has 90 valence electrons. The van der Waals surface area contributed by atoms with Gasteiger partial charge >= 0.3 is 0 Å². The number of β-amino-alcohol motifs (C(OH)–C–C–N with tert-alkyl or cyclic N) is 1. The van der Waals surface area contributed by atoms with Gasteiger partial charge in [-0.2, -0.15) is 0 Å². The molecule has 0 spiro atoms.